The molecule has 0 spiro atoms. The minimum Gasteiger partial charge on any atom is -0.463 e. The van der Waals surface area contributed by atoms with Crippen LogP contribution in [0.2, 0.25) is 0 Å². The summed E-state index contributed by atoms with van der Waals surface area (Å²) in [7, 11) is 0. The maximum absolute atomic E-state index is 10.7. The van der Waals surface area contributed by atoms with Crippen molar-refractivity contribution in [1.29, 1.82) is 0 Å². The average molecular weight is 210 g/mol. The molecule has 0 amide bonds. The zero-order valence-electron chi connectivity index (χ0n) is 10.1. The van der Waals surface area contributed by atoms with Crippen molar-refractivity contribution < 1.29 is 9.53 Å². The van der Waals surface area contributed by atoms with Crippen molar-refractivity contribution in [1.82, 2.24) is 0 Å². The van der Waals surface area contributed by atoms with Crippen molar-refractivity contribution in [2.75, 3.05) is 6.61 Å². The van der Waals surface area contributed by atoms with Crippen molar-refractivity contribution in [3.8, 4) is 0 Å². The summed E-state index contributed by atoms with van der Waals surface area (Å²) in [6.07, 6.45) is 6.63. The highest BCUT2D eigenvalue weighted by Gasteiger charge is 2.02. The Morgan fingerprint density at radius 1 is 1.40 bits per heavy atom. The van der Waals surface area contributed by atoms with E-state index in [1.165, 1.54) is 11.6 Å². The van der Waals surface area contributed by atoms with Gasteiger partial charge in [0.2, 0.25) is 0 Å². The van der Waals surface area contributed by atoms with Gasteiger partial charge >= 0.3 is 5.97 Å². The van der Waals surface area contributed by atoms with Gasteiger partial charge in [-0.05, 0) is 39.0 Å². The Kier molecular flexibility index (Phi) is 7.69. The summed E-state index contributed by atoms with van der Waals surface area (Å²) in [5.41, 5.74) is 1.36. The SMILES string of the molecule is C=CC(=O)OCC[C@@H](C)CCC=C(C)C. The van der Waals surface area contributed by atoms with Crippen molar-refractivity contribution in [3.63, 3.8) is 0 Å². The molecule has 0 rings (SSSR count). The molecule has 0 heterocycles. The maximum Gasteiger partial charge on any atom is 0.330 e. The molecule has 0 aromatic carbocycles. The van der Waals surface area contributed by atoms with Gasteiger partial charge < -0.3 is 4.74 Å². The monoisotopic (exact) mass is 210 g/mol. The van der Waals surface area contributed by atoms with Crippen molar-refractivity contribution in [3.05, 3.63) is 24.3 Å². The van der Waals surface area contributed by atoms with Crippen LogP contribution in [0.4, 0.5) is 0 Å². The summed E-state index contributed by atoms with van der Waals surface area (Å²) in [6.45, 7) is 10.2. The van der Waals surface area contributed by atoms with Gasteiger partial charge in [0, 0.05) is 6.08 Å². The highest BCUT2D eigenvalue weighted by Crippen LogP contribution is 2.11. The molecule has 0 aromatic rings. The first-order chi connectivity index (χ1) is 7.06. The lowest BCUT2D eigenvalue weighted by atomic mass is 10.0. The molecule has 2 nitrogen and oxygen atoms in total. The lowest BCUT2D eigenvalue weighted by Gasteiger charge is -2.09. The van der Waals surface area contributed by atoms with Crippen LogP contribution in [0.5, 0.6) is 0 Å². The summed E-state index contributed by atoms with van der Waals surface area (Å²) in [5, 5.41) is 0. The van der Waals surface area contributed by atoms with Crippen LogP contribution < -0.4 is 0 Å². The molecule has 0 fully saturated rings. The summed E-state index contributed by atoms with van der Waals surface area (Å²) < 4.78 is 4.92. The van der Waals surface area contributed by atoms with Gasteiger partial charge in [0.05, 0.1) is 6.61 Å². The van der Waals surface area contributed by atoms with Crippen molar-refractivity contribution in [2.45, 2.75) is 40.0 Å². The van der Waals surface area contributed by atoms with E-state index in [4.69, 9.17) is 4.74 Å². The van der Waals surface area contributed by atoms with Crippen molar-refractivity contribution >= 4 is 5.97 Å². The third-order valence-electron chi connectivity index (χ3n) is 2.23. The normalized spacial score (nSPS) is 11.7. The van der Waals surface area contributed by atoms with Crippen LogP contribution in [0.1, 0.15) is 40.0 Å². The Morgan fingerprint density at radius 3 is 2.60 bits per heavy atom. The van der Waals surface area contributed by atoms with E-state index >= 15 is 0 Å². The lowest BCUT2D eigenvalue weighted by Crippen LogP contribution is -2.06. The highest BCUT2D eigenvalue weighted by molar-refractivity contribution is 5.81. The lowest BCUT2D eigenvalue weighted by molar-refractivity contribution is -0.138. The van der Waals surface area contributed by atoms with E-state index < -0.39 is 0 Å². The van der Waals surface area contributed by atoms with Crippen LogP contribution in [0, 0.1) is 5.92 Å². The van der Waals surface area contributed by atoms with Gasteiger partial charge in [-0.15, -0.1) is 0 Å². The molecule has 15 heavy (non-hydrogen) atoms. The van der Waals surface area contributed by atoms with Gasteiger partial charge in [0.15, 0.2) is 0 Å². The number of allylic oxidation sites excluding steroid dienone is 2. The number of hydrogen-bond donors (Lipinski definition) is 0. The fourth-order valence-electron chi connectivity index (χ4n) is 1.22. The smallest absolute Gasteiger partial charge is 0.330 e. The molecule has 0 aliphatic carbocycles. The predicted octanol–water partition coefficient (Wildman–Crippen LogP) is 3.49. The summed E-state index contributed by atoms with van der Waals surface area (Å²) >= 11 is 0. The van der Waals surface area contributed by atoms with E-state index in [2.05, 4.69) is 33.4 Å². The second-order valence-corrected chi connectivity index (χ2v) is 4.12. The Balaban J connectivity index is 3.49. The Hall–Kier alpha value is -1.05. The van der Waals surface area contributed by atoms with Crippen LogP contribution in [0.3, 0.4) is 0 Å². The van der Waals surface area contributed by atoms with E-state index in [-0.39, 0.29) is 5.97 Å². The zero-order chi connectivity index (χ0) is 11.7. The third-order valence-corrected chi connectivity index (χ3v) is 2.23. The first-order valence-corrected chi connectivity index (χ1v) is 5.48. The first-order valence-electron chi connectivity index (χ1n) is 5.48. The topological polar surface area (TPSA) is 26.3 Å². The number of esters is 1. The van der Waals surface area contributed by atoms with Crippen LogP contribution in [0.15, 0.2) is 24.3 Å². The largest absolute Gasteiger partial charge is 0.463 e. The number of carbonyl (C=O) groups excluding carboxylic acids is 1. The molecular weight excluding hydrogens is 188 g/mol. The molecule has 0 N–H and O–H groups in total. The molecule has 0 radical (unpaired) electrons. The van der Waals surface area contributed by atoms with E-state index in [1.54, 1.807) is 0 Å². The third kappa shape index (κ3) is 9.26. The standard InChI is InChI=1S/C13H22O2/c1-5-13(14)15-10-9-12(4)8-6-7-11(2)3/h5,7,12H,1,6,8-10H2,2-4H3/t12-/m0/s1. The molecule has 0 saturated heterocycles. The molecule has 0 bridgehead atoms. The van der Waals surface area contributed by atoms with Crippen molar-refractivity contribution in [2.24, 2.45) is 5.92 Å². The van der Waals surface area contributed by atoms with Gasteiger partial charge in [-0.3, -0.25) is 0 Å². The van der Waals surface area contributed by atoms with E-state index in [0.717, 1.165) is 19.3 Å². The fourth-order valence-corrected chi connectivity index (χ4v) is 1.22. The molecule has 2 heteroatoms. The number of rotatable bonds is 7. The highest BCUT2D eigenvalue weighted by atomic mass is 16.5. The molecular formula is C13H22O2. The quantitative estimate of drug-likeness (QED) is 0.365. The summed E-state index contributed by atoms with van der Waals surface area (Å²) in [4.78, 5) is 10.7. The van der Waals surface area contributed by atoms with Gasteiger partial charge in [-0.2, -0.15) is 0 Å². The Bertz CT molecular complexity index is 225. The van der Waals surface area contributed by atoms with E-state index in [0.29, 0.717) is 12.5 Å². The first kappa shape index (κ1) is 13.9. The minimum absolute atomic E-state index is 0.327. The molecule has 0 aromatic heterocycles. The van der Waals surface area contributed by atoms with Gasteiger partial charge in [-0.25, -0.2) is 4.79 Å². The summed E-state index contributed by atoms with van der Waals surface area (Å²) in [6, 6.07) is 0. The van der Waals surface area contributed by atoms with E-state index in [9.17, 15) is 4.79 Å². The average Bonchev–Trinajstić information content (AvgIpc) is 2.17. The Morgan fingerprint density at radius 2 is 2.07 bits per heavy atom. The van der Waals surface area contributed by atoms with Crippen LogP contribution in [0.25, 0.3) is 0 Å². The molecule has 0 unspecified atom stereocenters. The second-order valence-electron chi connectivity index (χ2n) is 4.12. The number of hydrogen-bond acceptors (Lipinski definition) is 2. The van der Waals surface area contributed by atoms with E-state index in [1.807, 2.05) is 0 Å². The van der Waals surface area contributed by atoms with Crippen LogP contribution in [-0.4, -0.2) is 12.6 Å². The van der Waals surface area contributed by atoms with Gasteiger partial charge in [0.25, 0.3) is 0 Å². The molecule has 0 aliphatic rings. The second kappa shape index (κ2) is 8.27. The van der Waals surface area contributed by atoms with Gasteiger partial charge in [-0.1, -0.05) is 25.2 Å². The maximum atomic E-state index is 10.7. The fraction of sp³-hybridized carbons (Fsp3) is 0.615. The van der Waals surface area contributed by atoms with Crippen LogP contribution in [-0.2, 0) is 9.53 Å². The number of ether oxygens (including phenoxy) is 1. The predicted molar refractivity (Wildman–Crippen MR) is 63.6 cm³/mol. The molecule has 1 atom stereocenters. The molecule has 0 aliphatic heterocycles. The molecule has 0 saturated carbocycles. The Labute approximate surface area is 93.0 Å². The van der Waals surface area contributed by atoms with Gasteiger partial charge in [0.1, 0.15) is 0 Å². The van der Waals surface area contributed by atoms with Crippen LogP contribution >= 0.6 is 0 Å². The number of carbonyl (C=O) groups is 1. The minimum atomic E-state index is -0.327. The zero-order valence-corrected chi connectivity index (χ0v) is 10.1. The summed E-state index contributed by atoms with van der Waals surface area (Å²) in [5.74, 6) is 0.268. The molecule has 86 valence electrons.